The summed E-state index contributed by atoms with van der Waals surface area (Å²) in [6, 6.07) is 9.69. The zero-order valence-corrected chi connectivity index (χ0v) is 12.5. The molecule has 2 rings (SSSR count). The van der Waals surface area contributed by atoms with E-state index in [2.05, 4.69) is 5.10 Å². The van der Waals surface area contributed by atoms with Crippen LogP contribution in [0.4, 0.5) is 13.2 Å². The Kier molecular flexibility index (Phi) is 5.17. The number of nitrogens with zero attached hydrogens (tertiary/aromatic N) is 2. The van der Waals surface area contributed by atoms with Crippen molar-refractivity contribution in [2.45, 2.75) is 31.4 Å². The molecule has 114 valence electrons. The van der Waals surface area contributed by atoms with Gasteiger partial charge in [-0.15, -0.1) is 11.6 Å². The minimum absolute atomic E-state index is 0.0367. The van der Waals surface area contributed by atoms with E-state index in [0.29, 0.717) is 13.0 Å². The van der Waals surface area contributed by atoms with Crippen LogP contribution in [0, 0.1) is 0 Å². The van der Waals surface area contributed by atoms with Crippen LogP contribution in [0.3, 0.4) is 0 Å². The van der Waals surface area contributed by atoms with Gasteiger partial charge in [0.1, 0.15) is 5.15 Å². The number of hydrogen-bond acceptors (Lipinski definition) is 1. The number of hydrogen-bond donors (Lipinski definition) is 0. The highest BCUT2D eigenvalue weighted by molar-refractivity contribution is 6.31. The van der Waals surface area contributed by atoms with E-state index in [4.69, 9.17) is 23.2 Å². The average molecular weight is 337 g/mol. The maximum atomic E-state index is 12.8. The Bertz CT molecular complexity index is 594. The monoisotopic (exact) mass is 336 g/mol. The van der Waals surface area contributed by atoms with Crippen LogP contribution in [0.15, 0.2) is 30.3 Å². The van der Waals surface area contributed by atoms with Crippen molar-refractivity contribution in [3.05, 3.63) is 52.3 Å². The van der Waals surface area contributed by atoms with Crippen LogP contribution in [0.2, 0.25) is 5.15 Å². The van der Waals surface area contributed by atoms with Crippen molar-refractivity contribution < 1.29 is 13.2 Å². The molecular weight excluding hydrogens is 324 g/mol. The first kappa shape index (κ1) is 16.2. The van der Waals surface area contributed by atoms with Crippen molar-refractivity contribution in [1.82, 2.24) is 9.78 Å². The van der Waals surface area contributed by atoms with Gasteiger partial charge in [0.05, 0.1) is 5.88 Å². The van der Waals surface area contributed by atoms with E-state index in [1.54, 1.807) is 0 Å². The van der Waals surface area contributed by atoms with E-state index in [0.717, 1.165) is 12.0 Å². The van der Waals surface area contributed by atoms with E-state index in [1.165, 1.54) is 4.68 Å². The first-order chi connectivity index (χ1) is 9.93. The molecule has 0 radical (unpaired) electrons. The molecule has 0 amide bonds. The van der Waals surface area contributed by atoms with Crippen molar-refractivity contribution in [2.24, 2.45) is 0 Å². The summed E-state index contributed by atoms with van der Waals surface area (Å²) in [7, 11) is 0. The largest absolute Gasteiger partial charge is 0.435 e. The first-order valence-electron chi connectivity index (χ1n) is 6.35. The fraction of sp³-hybridized carbons (Fsp3) is 0.357. The molecule has 0 atom stereocenters. The molecule has 7 heteroatoms. The second-order valence-corrected chi connectivity index (χ2v) is 5.19. The zero-order chi connectivity index (χ0) is 15.5. The molecule has 0 aliphatic heterocycles. The summed E-state index contributed by atoms with van der Waals surface area (Å²) in [6.45, 7) is 0.313. The predicted molar refractivity (Wildman–Crippen MR) is 76.6 cm³/mol. The Balaban J connectivity index is 2.09. The summed E-state index contributed by atoms with van der Waals surface area (Å²) < 4.78 is 39.6. The van der Waals surface area contributed by atoms with Gasteiger partial charge in [-0.1, -0.05) is 41.9 Å². The van der Waals surface area contributed by atoms with Gasteiger partial charge >= 0.3 is 6.18 Å². The lowest BCUT2D eigenvalue weighted by atomic mass is 10.1. The minimum Gasteiger partial charge on any atom is -0.253 e. The predicted octanol–water partition coefficient (Wildman–Crippen LogP) is 4.93. The lowest BCUT2D eigenvalue weighted by Gasteiger charge is -2.04. The van der Waals surface area contributed by atoms with Crippen molar-refractivity contribution in [1.29, 1.82) is 0 Å². The molecule has 21 heavy (non-hydrogen) atoms. The van der Waals surface area contributed by atoms with Crippen LogP contribution < -0.4 is 0 Å². The number of alkyl halides is 4. The topological polar surface area (TPSA) is 17.8 Å². The van der Waals surface area contributed by atoms with Crippen molar-refractivity contribution in [3.63, 3.8) is 0 Å². The molecule has 1 aromatic carbocycles. The highest BCUT2D eigenvalue weighted by atomic mass is 35.5. The highest BCUT2D eigenvalue weighted by Crippen LogP contribution is 2.35. The maximum absolute atomic E-state index is 12.8. The molecule has 0 aliphatic carbocycles. The van der Waals surface area contributed by atoms with Crippen LogP contribution in [0.5, 0.6) is 0 Å². The Morgan fingerprint density at radius 3 is 2.33 bits per heavy atom. The second kappa shape index (κ2) is 6.71. The third-order valence-corrected chi connectivity index (χ3v) is 3.75. The third-order valence-electron chi connectivity index (χ3n) is 3.06. The van der Waals surface area contributed by atoms with Crippen LogP contribution in [0.25, 0.3) is 0 Å². The first-order valence-corrected chi connectivity index (χ1v) is 7.27. The standard InChI is InChI=1S/C14H13Cl2F3N2/c15-9-11-12(14(17,18)19)20-21(13(11)16)8-4-7-10-5-2-1-3-6-10/h1-3,5-6H,4,7-9H2. The van der Waals surface area contributed by atoms with Gasteiger partial charge in [0.15, 0.2) is 5.69 Å². The Morgan fingerprint density at radius 1 is 1.14 bits per heavy atom. The molecule has 1 heterocycles. The Hall–Kier alpha value is -1.20. The number of aromatic nitrogens is 2. The quantitative estimate of drug-likeness (QED) is 0.708. The molecule has 0 N–H and O–H groups in total. The van der Waals surface area contributed by atoms with Gasteiger partial charge < -0.3 is 0 Å². The number of aryl methyl sites for hydroxylation is 2. The van der Waals surface area contributed by atoms with Crippen LogP contribution in [-0.2, 0) is 25.0 Å². The highest BCUT2D eigenvalue weighted by Gasteiger charge is 2.38. The summed E-state index contributed by atoms with van der Waals surface area (Å²) in [4.78, 5) is 0. The molecule has 0 aliphatic rings. The average Bonchev–Trinajstić information content (AvgIpc) is 2.77. The van der Waals surface area contributed by atoms with E-state index in [1.807, 2.05) is 30.3 Å². The smallest absolute Gasteiger partial charge is 0.253 e. The maximum Gasteiger partial charge on any atom is 0.435 e. The van der Waals surface area contributed by atoms with Crippen molar-refractivity contribution >= 4 is 23.2 Å². The second-order valence-electron chi connectivity index (χ2n) is 4.56. The lowest BCUT2D eigenvalue weighted by molar-refractivity contribution is -0.142. The van der Waals surface area contributed by atoms with Gasteiger partial charge in [-0.25, -0.2) is 0 Å². The van der Waals surface area contributed by atoms with Crippen LogP contribution in [0.1, 0.15) is 23.2 Å². The SMILES string of the molecule is FC(F)(F)c1nn(CCCc2ccccc2)c(Cl)c1CCl. The summed E-state index contributed by atoms with van der Waals surface area (Å²) in [5.41, 5.74) is -0.0397. The van der Waals surface area contributed by atoms with Gasteiger partial charge in [-0.2, -0.15) is 18.3 Å². The molecule has 0 saturated heterocycles. The molecular formula is C14H13Cl2F3N2. The van der Waals surface area contributed by atoms with Gasteiger partial charge in [0, 0.05) is 12.1 Å². The molecule has 0 bridgehead atoms. The zero-order valence-electron chi connectivity index (χ0n) is 11.0. The fourth-order valence-electron chi connectivity index (χ4n) is 2.05. The summed E-state index contributed by atoms with van der Waals surface area (Å²) in [5.74, 6) is -0.313. The van der Waals surface area contributed by atoms with E-state index in [9.17, 15) is 13.2 Å². The molecule has 0 fully saturated rings. The van der Waals surface area contributed by atoms with Crippen LogP contribution in [-0.4, -0.2) is 9.78 Å². The normalized spacial score (nSPS) is 11.9. The van der Waals surface area contributed by atoms with E-state index >= 15 is 0 Å². The Morgan fingerprint density at radius 2 is 1.81 bits per heavy atom. The molecule has 0 saturated carbocycles. The van der Waals surface area contributed by atoms with Gasteiger partial charge in [-0.05, 0) is 18.4 Å². The van der Waals surface area contributed by atoms with Gasteiger partial charge in [0.25, 0.3) is 0 Å². The summed E-state index contributed by atoms with van der Waals surface area (Å²) >= 11 is 11.5. The van der Waals surface area contributed by atoms with Crippen molar-refractivity contribution in [3.8, 4) is 0 Å². The third kappa shape index (κ3) is 3.92. The van der Waals surface area contributed by atoms with Gasteiger partial charge in [0.2, 0.25) is 0 Å². The number of halogens is 5. The van der Waals surface area contributed by atoms with E-state index in [-0.39, 0.29) is 16.6 Å². The van der Waals surface area contributed by atoms with Gasteiger partial charge in [-0.3, -0.25) is 4.68 Å². The summed E-state index contributed by atoms with van der Waals surface area (Å²) in [5, 5.41) is 3.52. The lowest BCUT2D eigenvalue weighted by Crippen LogP contribution is -2.10. The van der Waals surface area contributed by atoms with E-state index < -0.39 is 11.9 Å². The number of benzene rings is 1. The van der Waals surface area contributed by atoms with Crippen molar-refractivity contribution in [2.75, 3.05) is 0 Å². The molecule has 0 spiro atoms. The fourth-order valence-corrected chi connectivity index (χ4v) is 2.65. The molecule has 1 aromatic heterocycles. The molecule has 0 unspecified atom stereocenters. The minimum atomic E-state index is -4.54. The molecule has 2 aromatic rings. The number of rotatable bonds is 5. The molecule has 2 nitrogen and oxygen atoms in total. The Labute approximate surface area is 130 Å². The van der Waals surface area contributed by atoms with Crippen LogP contribution >= 0.6 is 23.2 Å². The summed E-state index contributed by atoms with van der Waals surface area (Å²) in [6.07, 6.45) is -3.16.